The van der Waals surface area contributed by atoms with E-state index in [2.05, 4.69) is 111 Å². The van der Waals surface area contributed by atoms with E-state index in [9.17, 15) is 0 Å². The van der Waals surface area contributed by atoms with Crippen LogP contribution in [-0.4, -0.2) is 36.4 Å². The van der Waals surface area contributed by atoms with Crippen LogP contribution in [0.5, 0.6) is 0 Å². The summed E-state index contributed by atoms with van der Waals surface area (Å²) < 4.78 is 1.89. The molecule has 2 aromatic carbocycles. The highest BCUT2D eigenvalue weighted by Gasteiger charge is 2.31. The molecule has 1 atom stereocenters. The number of benzene rings is 2. The second kappa shape index (κ2) is 9.80. The highest BCUT2D eigenvalue weighted by molar-refractivity contribution is 7.05. The van der Waals surface area contributed by atoms with Gasteiger partial charge in [-0.1, -0.05) is 92.1 Å². The monoisotopic (exact) mass is 511 g/mol. The first-order valence-corrected chi connectivity index (χ1v) is 19.2. The number of aromatic nitrogens is 4. The number of nitrogens with one attached hydrogen (secondary N) is 1. The van der Waals surface area contributed by atoms with Gasteiger partial charge in [-0.15, -0.1) is 5.10 Å². The Morgan fingerprint density at radius 1 is 0.971 bits per heavy atom. The fraction of sp³-hybridized carbons (Fsp3) is 0.423. The lowest BCUT2D eigenvalue weighted by Crippen LogP contribution is -2.39. The van der Waals surface area contributed by atoms with Gasteiger partial charge in [0.15, 0.2) is 5.82 Å². The van der Waals surface area contributed by atoms with Crippen molar-refractivity contribution in [1.29, 1.82) is 0 Å². The van der Waals surface area contributed by atoms with Crippen LogP contribution < -0.4 is 5.32 Å². The van der Waals surface area contributed by atoms with Crippen molar-refractivity contribution in [2.24, 2.45) is 0 Å². The molecule has 3 rings (SSSR count). The molecule has 1 unspecified atom stereocenters. The molecule has 0 aliphatic rings. The maximum absolute atomic E-state index is 6.26. The smallest absolute Gasteiger partial charge is 0.178 e. The van der Waals surface area contributed by atoms with Gasteiger partial charge in [-0.25, -0.2) is 4.68 Å². The quantitative estimate of drug-likeness (QED) is 0.335. The second-order valence-electron chi connectivity index (χ2n) is 11.9. The summed E-state index contributed by atoms with van der Waals surface area (Å²) in [7, 11) is -2.80. The van der Waals surface area contributed by atoms with Gasteiger partial charge in [-0.3, -0.25) is 0 Å². The van der Waals surface area contributed by atoms with Crippen molar-refractivity contribution in [3.05, 3.63) is 75.3 Å². The van der Waals surface area contributed by atoms with E-state index in [4.69, 9.17) is 11.6 Å². The van der Waals surface area contributed by atoms with Crippen LogP contribution in [0.15, 0.2) is 53.4 Å². The number of hydrogen-bond acceptors (Lipinski definition) is 4. The lowest BCUT2D eigenvalue weighted by molar-refractivity contribution is 0.333. The summed E-state index contributed by atoms with van der Waals surface area (Å²) in [6.45, 7) is 21.0. The SMILES string of the molecule is CC(C)(C)n1nnnc1C(Nc1cccc(Cl)c1)c1ccc(C=C([Si](C)(C)C)[Si](C)(C)C)cc1. The molecule has 1 heterocycles. The lowest BCUT2D eigenvalue weighted by atomic mass is 10.0. The van der Waals surface area contributed by atoms with Crippen LogP contribution in [0.2, 0.25) is 44.3 Å². The van der Waals surface area contributed by atoms with Crippen molar-refractivity contribution >= 4 is 39.5 Å². The first-order chi connectivity index (χ1) is 15.7. The molecule has 3 aromatic rings. The van der Waals surface area contributed by atoms with Crippen LogP contribution in [0.3, 0.4) is 0 Å². The maximum atomic E-state index is 6.26. The van der Waals surface area contributed by atoms with E-state index in [1.54, 1.807) is 4.82 Å². The van der Waals surface area contributed by atoms with Crippen molar-refractivity contribution in [2.75, 3.05) is 5.32 Å². The summed E-state index contributed by atoms with van der Waals surface area (Å²) in [6.07, 6.45) is 2.45. The molecule has 0 spiro atoms. The van der Waals surface area contributed by atoms with Crippen molar-refractivity contribution in [3.8, 4) is 0 Å². The van der Waals surface area contributed by atoms with E-state index in [0.717, 1.165) is 17.1 Å². The van der Waals surface area contributed by atoms with Crippen LogP contribution in [0.4, 0.5) is 5.69 Å². The molecule has 1 aromatic heterocycles. The number of tetrazole rings is 1. The molecule has 182 valence electrons. The molecular formula is C26H38ClN5Si2. The van der Waals surface area contributed by atoms with Gasteiger partial charge in [0.1, 0.15) is 6.04 Å². The van der Waals surface area contributed by atoms with Crippen molar-refractivity contribution in [3.63, 3.8) is 0 Å². The summed E-state index contributed by atoms with van der Waals surface area (Å²) in [6, 6.07) is 16.3. The van der Waals surface area contributed by atoms with Gasteiger partial charge in [-0.05, 0) is 60.5 Å². The predicted octanol–water partition coefficient (Wildman–Crippen LogP) is 7.42. The van der Waals surface area contributed by atoms with Crippen molar-refractivity contribution in [2.45, 2.75) is 71.6 Å². The minimum atomic E-state index is -1.40. The molecule has 0 aliphatic carbocycles. The Labute approximate surface area is 211 Å². The van der Waals surface area contributed by atoms with Crippen molar-refractivity contribution < 1.29 is 0 Å². The van der Waals surface area contributed by atoms with Crippen LogP contribution in [-0.2, 0) is 5.54 Å². The lowest BCUT2D eigenvalue weighted by Gasteiger charge is -2.31. The fourth-order valence-corrected chi connectivity index (χ4v) is 14.8. The number of halogens is 1. The van der Waals surface area contributed by atoms with E-state index < -0.39 is 16.1 Å². The van der Waals surface area contributed by atoms with E-state index >= 15 is 0 Å². The molecule has 5 nitrogen and oxygen atoms in total. The Morgan fingerprint density at radius 2 is 1.59 bits per heavy atom. The summed E-state index contributed by atoms with van der Waals surface area (Å²) in [5, 5.41) is 17.0. The third-order valence-electron chi connectivity index (χ3n) is 5.72. The van der Waals surface area contributed by atoms with Gasteiger partial charge >= 0.3 is 0 Å². The highest BCUT2D eigenvalue weighted by atomic mass is 35.5. The molecule has 0 bridgehead atoms. The average Bonchev–Trinajstić information content (AvgIpc) is 3.19. The van der Waals surface area contributed by atoms with Gasteiger partial charge in [0.05, 0.1) is 21.7 Å². The zero-order valence-electron chi connectivity index (χ0n) is 21.9. The molecular weight excluding hydrogens is 474 g/mol. The van der Waals surface area contributed by atoms with Crippen LogP contribution >= 0.6 is 11.6 Å². The largest absolute Gasteiger partial charge is 0.371 e. The molecule has 34 heavy (non-hydrogen) atoms. The molecule has 0 saturated carbocycles. The topological polar surface area (TPSA) is 55.6 Å². The normalized spacial score (nSPS) is 13.5. The molecule has 8 heteroatoms. The number of hydrogen-bond donors (Lipinski definition) is 1. The van der Waals surface area contributed by atoms with Crippen LogP contribution in [0.1, 0.15) is 43.8 Å². The number of rotatable bonds is 7. The minimum Gasteiger partial charge on any atom is -0.371 e. The molecule has 0 saturated heterocycles. The second-order valence-corrected chi connectivity index (χ2v) is 22.9. The summed E-state index contributed by atoms with van der Waals surface area (Å²) in [4.78, 5) is 1.69. The van der Waals surface area contributed by atoms with E-state index in [0.29, 0.717) is 5.02 Å². The summed E-state index contributed by atoms with van der Waals surface area (Å²) >= 11 is 6.26. The molecule has 1 N–H and O–H groups in total. The number of nitrogens with zero attached hydrogens (tertiary/aromatic N) is 4. The average molecular weight is 512 g/mol. The highest BCUT2D eigenvalue weighted by Crippen LogP contribution is 2.31. The van der Waals surface area contributed by atoms with Gasteiger partial charge in [0.25, 0.3) is 0 Å². The van der Waals surface area contributed by atoms with E-state index in [1.807, 2.05) is 28.9 Å². The molecule has 0 amide bonds. The molecule has 0 fully saturated rings. The standard InChI is InChI=1S/C26H38ClN5Si2/c1-26(2,3)32-25(29-30-31-32)24(28-22-12-10-11-21(27)18-22)20-15-13-19(14-16-20)17-23(33(4,5)6)34(7,8)9/h10-18,24,28H,1-9H3. The first-order valence-electron chi connectivity index (χ1n) is 11.8. The third-order valence-corrected chi connectivity index (χ3v) is 14.0. The maximum Gasteiger partial charge on any atom is 0.178 e. The summed E-state index contributed by atoms with van der Waals surface area (Å²) in [5.74, 6) is 0.764. The van der Waals surface area contributed by atoms with Gasteiger partial charge in [0.2, 0.25) is 0 Å². The first kappa shape index (κ1) is 26.4. The molecule has 0 aliphatic heterocycles. The van der Waals surface area contributed by atoms with Gasteiger partial charge in [0, 0.05) is 10.7 Å². The zero-order chi connectivity index (χ0) is 25.3. The van der Waals surface area contributed by atoms with Gasteiger partial charge in [-0.2, -0.15) is 0 Å². The zero-order valence-corrected chi connectivity index (χ0v) is 24.7. The van der Waals surface area contributed by atoms with E-state index in [1.165, 1.54) is 5.56 Å². The summed E-state index contributed by atoms with van der Waals surface area (Å²) in [5.41, 5.74) is 3.02. The number of anilines is 1. The Balaban J connectivity index is 2.05. The Bertz CT molecular complexity index is 1130. The van der Waals surface area contributed by atoms with Crippen LogP contribution in [0.25, 0.3) is 6.08 Å². The minimum absolute atomic E-state index is 0.223. The van der Waals surface area contributed by atoms with Crippen molar-refractivity contribution in [1.82, 2.24) is 20.2 Å². The van der Waals surface area contributed by atoms with Crippen LogP contribution in [0, 0.1) is 0 Å². The van der Waals surface area contributed by atoms with E-state index in [-0.39, 0.29) is 11.6 Å². The Morgan fingerprint density at radius 3 is 2.12 bits per heavy atom. The van der Waals surface area contributed by atoms with Gasteiger partial charge < -0.3 is 5.32 Å². The Hall–Kier alpha value is -2.23. The fourth-order valence-electron chi connectivity index (χ4n) is 4.40. The predicted molar refractivity (Wildman–Crippen MR) is 151 cm³/mol. The third kappa shape index (κ3) is 6.46. The Kier molecular flexibility index (Phi) is 7.60. The molecule has 0 radical (unpaired) electrons.